The van der Waals surface area contributed by atoms with Gasteiger partial charge in [0.05, 0.1) is 6.10 Å². The van der Waals surface area contributed by atoms with Crippen molar-refractivity contribution < 1.29 is 4.74 Å². The Morgan fingerprint density at radius 1 is 1.31 bits per heavy atom. The van der Waals surface area contributed by atoms with E-state index in [2.05, 4.69) is 24.1 Å². The normalized spacial score (nSPS) is 31.7. The van der Waals surface area contributed by atoms with Crippen LogP contribution in [0.1, 0.15) is 33.1 Å². The molecule has 0 spiro atoms. The van der Waals surface area contributed by atoms with Crippen LogP contribution in [0.3, 0.4) is 0 Å². The van der Waals surface area contributed by atoms with Crippen LogP contribution in [-0.2, 0) is 4.74 Å². The molecule has 0 aromatic heterocycles. The van der Waals surface area contributed by atoms with E-state index >= 15 is 0 Å². The Hall–Kier alpha value is -0.120. The van der Waals surface area contributed by atoms with Gasteiger partial charge in [-0.2, -0.15) is 0 Å². The predicted molar refractivity (Wildman–Crippen MR) is 66.7 cm³/mol. The number of rotatable bonds is 5. The van der Waals surface area contributed by atoms with E-state index in [9.17, 15) is 0 Å². The van der Waals surface area contributed by atoms with E-state index in [0.29, 0.717) is 12.1 Å². The highest BCUT2D eigenvalue weighted by Gasteiger charge is 2.24. The highest BCUT2D eigenvalue weighted by Crippen LogP contribution is 2.18. The minimum absolute atomic E-state index is 0.489. The van der Waals surface area contributed by atoms with E-state index in [1.165, 1.54) is 38.9 Å². The van der Waals surface area contributed by atoms with E-state index in [0.717, 1.165) is 19.1 Å². The first-order valence-corrected chi connectivity index (χ1v) is 6.82. The topological polar surface area (TPSA) is 24.5 Å². The molecule has 94 valence electrons. The smallest absolute Gasteiger partial charge is 0.0700 e. The van der Waals surface area contributed by atoms with E-state index in [1.807, 2.05) is 0 Å². The zero-order valence-electron chi connectivity index (χ0n) is 10.7. The summed E-state index contributed by atoms with van der Waals surface area (Å²) in [7, 11) is 0. The van der Waals surface area contributed by atoms with Crippen molar-refractivity contribution in [3.05, 3.63) is 0 Å². The Morgan fingerprint density at radius 2 is 2.19 bits per heavy atom. The Labute approximate surface area is 99.5 Å². The van der Waals surface area contributed by atoms with Crippen molar-refractivity contribution in [2.24, 2.45) is 5.92 Å². The molecule has 2 unspecified atom stereocenters. The number of hydrogen-bond donors (Lipinski definition) is 1. The third kappa shape index (κ3) is 3.44. The number of nitrogens with zero attached hydrogens (tertiary/aromatic N) is 1. The molecule has 2 aliphatic rings. The van der Waals surface area contributed by atoms with Crippen molar-refractivity contribution in [2.45, 2.75) is 45.3 Å². The molecule has 0 aliphatic carbocycles. The number of nitrogens with one attached hydrogen (secondary N) is 1. The van der Waals surface area contributed by atoms with Crippen LogP contribution in [0.25, 0.3) is 0 Å². The summed E-state index contributed by atoms with van der Waals surface area (Å²) < 4.78 is 5.60. The zero-order valence-corrected chi connectivity index (χ0v) is 10.7. The molecule has 0 amide bonds. The average Bonchev–Trinajstić information content (AvgIpc) is 2.87. The van der Waals surface area contributed by atoms with Gasteiger partial charge in [-0.05, 0) is 52.1 Å². The van der Waals surface area contributed by atoms with Gasteiger partial charge in [0.2, 0.25) is 0 Å². The lowest BCUT2D eigenvalue weighted by molar-refractivity contribution is 0.109. The monoisotopic (exact) mass is 226 g/mol. The molecule has 1 N–H and O–H groups in total. The molecule has 2 fully saturated rings. The fourth-order valence-electron chi connectivity index (χ4n) is 2.75. The SMILES string of the molecule is CC(C)N1CCC(CNCC2CCCO2)C1. The standard InChI is InChI=1S/C13H26N2O/c1-11(2)15-6-5-12(10-15)8-14-9-13-4-3-7-16-13/h11-14H,3-10H2,1-2H3. The number of ether oxygens (including phenoxy) is 1. The van der Waals surface area contributed by atoms with Gasteiger partial charge in [-0.15, -0.1) is 0 Å². The molecular formula is C13H26N2O. The van der Waals surface area contributed by atoms with Crippen molar-refractivity contribution in [2.75, 3.05) is 32.8 Å². The first kappa shape index (κ1) is 12.3. The highest BCUT2D eigenvalue weighted by molar-refractivity contribution is 4.79. The van der Waals surface area contributed by atoms with Gasteiger partial charge in [-0.3, -0.25) is 0 Å². The maximum Gasteiger partial charge on any atom is 0.0700 e. The summed E-state index contributed by atoms with van der Waals surface area (Å²) in [6.07, 6.45) is 4.34. The maximum absolute atomic E-state index is 5.60. The lowest BCUT2D eigenvalue weighted by Crippen LogP contribution is -2.33. The zero-order chi connectivity index (χ0) is 11.4. The summed E-state index contributed by atoms with van der Waals surface area (Å²) in [5, 5.41) is 3.58. The second-order valence-corrected chi connectivity index (χ2v) is 5.54. The summed E-state index contributed by atoms with van der Waals surface area (Å²) in [5.74, 6) is 0.851. The van der Waals surface area contributed by atoms with E-state index in [1.54, 1.807) is 0 Å². The quantitative estimate of drug-likeness (QED) is 0.768. The van der Waals surface area contributed by atoms with E-state index in [4.69, 9.17) is 4.74 Å². The third-order valence-electron chi connectivity index (χ3n) is 3.88. The number of hydrogen-bond acceptors (Lipinski definition) is 3. The molecular weight excluding hydrogens is 200 g/mol. The van der Waals surface area contributed by atoms with Gasteiger partial charge >= 0.3 is 0 Å². The van der Waals surface area contributed by atoms with E-state index in [-0.39, 0.29) is 0 Å². The second-order valence-electron chi connectivity index (χ2n) is 5.54. The minimum atomic E-state index is 0.489. The lowest BCUT2D eigenvalue weighted by atomic mass is 10.1. The van der Waals surface area contributed by atoms with Gasteiger partial charge in [-0.25, -0.2) is 0 Å². The molecule has 0 aromatic rings. The fraction of sp³-hybridized carbons (Fsp3) is 1.00. The van der Waals surface area contributed by atoms with Crippen LogP contribution >= 0.6 is 0 Å². The summed E-state index contributed by atoms with van der Waals surface area (Å²) in [6.45, 7) is 10.3. The Kier molecular flexibility index (Phi) is 4.62. The highest BCUT2D eigenvalue weighted by atomic mass is 16.5. The molecule has 0 aromatic carbocycles. The van der Waals surface area contributed by atoms with Crippen LogP contribution in [0.4, 0.5) is 0 Å². The van der Waals surface area contributed by atoms with Crippen LogP contribution in [-0.4, -0.2) is 49.8 Å². The summed E-state index contributed by atoms with van der Waals surface area (Å²) in [5.41, 5.74) is 0. The molecule has 3 heteroatoms. The molecule has 2 heterocycles. The second kappa shape index (κ2) is 5.99. The van der Waals surface area contributed by atoms with Gasteiger partial charge in [0.25, 0.3) is 0 Å². The first-order chi connectivity index (χ1) is 7.75. The van der Waals surface area contributed by atoms with Crippen molar-refractivity contribution in [3.8, 4) is 0 Å². The van der Waals surface area contributed by atoms with Crippen LogP contribution in [0.15, 0.2) is 0 Å². The molecule has 0 saturated carbocycles. The van der Waals surface area contributed by atoms with Crippen LogP contribution in [0, 0.1) is 5.92 Å². The summed E-state index contributed by atoms with van der Waals surface area (Å²) >= 11 is 0. The number of likely N-dealkylation sites (tertiary alicyclic amines) is 1. The summed E-state index contributed by atoms with van der Waals surface area (Å²) in [4.78, 5) is 2.58. The predicted octanol–water partition coefficient (Wildman–Crippen LogP) is 1.49. The Balaban J connectivity index is 1.57. The summed E-state index contributed by atoms with van der Waals surface area (Å²) in [6, 6.07) is 0.711. The van der Waals surface area contributed by atoms with Gasteiger partial charge in [-0.1, -0.05) is 0 Å². The van der Waals surface area contributed by atoms with Crippen molar-refractivity contribution in [1.82, 2.24) is 10.2 Å². The van der Waals surface area contributed by atoms with Crippen LogP contribution in [0.5, 0.6) is 0 Å². The molecule has 2 rings (SSSR count). The van der Waals surface area contributed by atoms with Crippen molar-refractivity contribution in [1.29, 1.82) is 0 Å². The van der Waals surface area contributed by atoms with Crippen molar-refractivity contribution in [3.63, 3.8) is 0 Å². The molecule has 2 atom stereocenters. The molecule has 0 radical (unpaired) electrons. The Morgan fingerprint density at radius 3 is 2.81 bits per heavy atom. The largest absolute Gasteiger partial charge is 0.377 e. The Bertz CT molecular complexity index is 202. The van der Waals surface area contributed by atoms with Gasteiger partial charge in [0.1, 0.15) is 0 Å². The molecule has 0 bridgehead atoms. The van der Waals surface area contributed by atoms with Gasteiger partial charge < -0.3 is 15.0 Å². The molecule has 3 nitrogen and oxygen atoms in total. The van der Waals surface area contributed by atoms with Gasteiger partial charge in [0, 0.05) is 25.7 Å². The van der Waals surface area contributed by atoms with Crippen LogP contribution < -0.4 is 5.32 Å². The third-order valence-corrected chi connectivity index (χ3v) is 3.88. The molecule has 2 saturated heterocycles. The lowest BCUT2D eigenvalue weighted by Gasteiger charge is -2.20. The molecule has 2 aliphatic heterocycles. The first-order valence-electron chi connectivity index (χ1n) is 6.82. The fourth-order valence-corrected chi connectivity index (χ4v) is 2.75. The van der Waals surface area contributed by atoms with Gasteiger partial charge in [0.15, 0.2) is 0 Å². The minimum Gasteiger partial charge on any atom is -0.377 e. The van der Waals surface area contributed by atoms with E-state index < -0.39 is 0 Å². The maximum atomic E-state index is 5.60. The van der Waals surface area contributed by atoms with Crippen LogP contribution in [0.2, 0.25) is 0 Å². The van der Waals surface area contributed by atoms with Crippen molar-refractivity contribution >= 4 is 0 Å². The molecule has 16 heavy (non-hydrogen) atoms. The average molecular weight is 226 g/mol.